The zero-order valence-corrected chi connectivity index (χ0v) is 18.3. The molecular weight excluding hydrogens is 394 g/mol. The third-order valence-electron chi connectivity index (χ3n) is 5.82. The average molecular weight is 426 g/mol. The molecular formula is C23H31N5O3. The third kappa shape index (κ3) is 5.14. The number of amides is 1. The molecule has 2 saturated heterocycles. The van der Waals surface area contributed by atoms with Gasteiger partial charge in [-0.25, -0.2) is 4.98 Å². The van der Waals surface area contributed by atoms with Crippen LogP contribution in [0.15, 0.2) is 24.4 Å². The Labute approximate surface area is 183 Å². The largest absolute Gasteiger partial charge is 0.378 e. The Morgan fingerprint density at radius 1 is 1.13 bits per heavy atom. The molecule has 1 N–H and O–H groups in total. The molecule has 1 atom stereocenters. The Bertz CT molecular complexity index is 900. The van der Waals surface area contributed by atoms with Crippen molar-refractivity contribution in [1.29, 1.82) is 0 Å². The summed E-state index contributed by atoms with van der Waals surface area (Å²) >= 11 is 0. The van der Waals surface area contributed by atoms with Gasteiger partial charge in [0.05, 0.1) is 37.7 Å². The molecule has 0 radical (unpaired) electrons. The topological polar surface area (TPSA) is 83.6 Å². The first-order valence-electron chi connectivity index (χ1n) is 11.0. The molecule has 0 saturated carbocycles. The van der Waals surface area contributed by atoms with Crippen molar-refractivity contribution in [3.8, 4) is 0 Å². The minimum Gasteiger partial charge on any atom is -0.378 e. The molecule has 2 aromatic heterocycles. The Morgan fingerprint density at radius 3 is 2.45 bits per heavy atom. The summed E-state index contributed by atoms with van der Waals surface area (Å²) in [4.78, 5) is 22.2. The Balaban J connectivity index is 0.000000334. The van der Waals surface area contributed by atoms with Crippen LogP contribution in [-0.4, -0.2) is 78.6 Å². The van der Waals surface area contributed by atoms with Crippen molar-refractivity contribution in [2.75, 3.05) is 57.5 Å². The van der Waals surface area contributed by atoms with E-state index < -0.39 is 0 Å². The average Bonchev–Trinajstić information content (AvgIpc) is 3.31. The van der Waals surface area contributed by atoms with E-state index in [0.29, 0.717) is 45.4 Å². The second-order valence-corrected chi connectivity index (χ2v) is 8.11. The predicted octanol–water partition coefficient (Wildman–Crippen LogP) is 2.63. The molecule has 2 aliphatic heterocycles. The van der Waals surface area contributed by atoms with Crippen LogP contribution in [-0.2, 0) is 9.47 Å². The number of pyridine rings is 1. The van der Waals surface area contributed by atoms with Crippen LogP contribution in [0.3, 0.4) is 0 Å². The van der Waals surface area contributed by atoms with E-state index >= 15 is 0 Å². The van der Waals surface area contributed by atoms with Gasteiger partial charge in [0.2, 0.25) is 0 Å². The van der Waals surface area contributed by atoms with Gasteiger partial charge in [-0.05, 0) is 25.5 Å². The predicted molar refractivity (Wildman–Crippen MR) is 119 cm³/mol. The van der Waals surface area contributed by atoms with E-state index in [0.717, 1.165) is 47.8 Å². The normalized spacial score (nSPS) is 20.6. The molecule has 3 aliphatic rings. The summed E-state index contributed by atoms with van der Waals surface area (Å²) in [5, 5.41) is 6.45. The second kappa shape index (κ2) is 10.1. The number of aromatic nitrogens is 3. The van der Waals surface area contributed by atoms with E-state index in [1.165, 1.54) is 0 Å². The van der Waals surface area contributed by atoms with Gasteiger partial charge in [0, 0.05) is 49.6 Å². The minimum absolute atomic E-state index is 0.0928. The summed E-state index contributed by atoms with van der Waals surface area (Å²) in [7, 11) is 0. The highest BCUT2D eigenvalue weighted by Crippen LogP contribution is 2.33. The lowest BCUT2D eigenvalue weighted by molar-refractivity contribution is 0.0302. The Kier molecular flexibility index (Phi) is 6.99. The highest BCUT2D eigenvalue weighted by molar-refractivity contribution is 5.99. The van der Waals surface area contributed by atoms with Gasteiger partial charge in [0.1, 0.15) is 5.82 Å². The number of carbonyl (C=O) groups is 1. The van der Waals surface area contributed by atoms with Crippen molar-refractivity contribution in [2.45, 2.75) is 26.2 Å². The number of rotatable bonds is 2. The number of morpholine rings is 2. The van der Waals surface area contributed by atoms with Crippen LogP contribution < -0.4 is 4.90 Å². The third-order valence-corrected chi connectivity index (χ3v) is 5.82. The highest BCUT2D eigenvalue weighted by atomic mass is 16.5. The lowest BCUT2D eigenvalue weighted by atomic mass is 9.90. The van der Waals surface area contributed by atoms with E-state index in [1.54, 1.807) is 6.20 Å². The lowest BCUT2D eigenvalue weighted by Crippen LogP contribution is -2.41. The maximum absolute atomic E-state index is 13.2. The van der Waals surface area contributed by atoms with Crippen LogP contribution in [0.1, 0.15) is 46.6 Å². The van der Waals surface area contributed by atoms with Crippen LogP contribution >= 0.6 is 0 Å². The second-order valence-electron chi connectivity index (χ2n) is 8.11. The molecule has 0 bridgehead atoms. The van der Waals surface area contributed by atoms with Crippen LogP contribution in [0.2, 0.25) is 0 Å². The van der Waals surface area contributed by atoms with E-state index in [9.17, 15) is 4.79 Å². The highest BCUT2D eigenvalue weighted by Gasteiger charge is 2.27. The molecule has 2 fully saturated rings. The van der Waals surface area contributed by atoms with Crippen LogP contribution in [0.4, 0.5) is 5.82 Å². The van der Waals surface area contributed by atoms with Gasteiger partial charge < -0.3 is 19.3 Å². The Hall–Kier alpha value is -2.71. The standard InChI is InChI=1S/C19H25N3O3.C4H6N2/c1-14-3-2-4-15-16(19(23)22-7-11-25-12-8-22)13-17(20-18(14)15)21-5-9-24-10-6-21;1-4-2-3-5-6-4/h2,4,13-14H,3,5-12H2,1H3;2-3H,1H3,(H,5,6). The number of nitrogens with one attached hydrogen (secondary N) is 1. The number of hydrogen-bond acceptors (Lipinski definition) is 6. The molecule has 8 heteroatoms. The van der Waals surface area contributed by atoms with Gasteiger partial charge in [-0.15, -0.1) is 0 Å². The van der Waals surface area contributed by atoms with Crippen molar-refractivity contribution < 1.29 is 14.3 Å². The molecule has 0 aromatic carbocycles. The first-order chi connectivity index (χ1) is 15.1. The quantitative estimate of drug-likeness (QED) is 0.796. The van der Waals surface area contributed by atoms with Gasteiger partial charge in [0.25, 0.3) is 5.91 Å². The first-order valence-corrected chi connectivity index (χ1v) is 11.0. The molecule has 31 heavy (non-hydrogen) atoms. The zero-order valence-electron chi connectivity index (χ0n) is 18.3. The zero-order chi connectivity index (χ0) is 21.6. The van der Waals surface area contributed by atoms with Crippen LogP contribution in [0.5, 0.6) is 0 Å². The Morgan fingerprint density at radius 2 is 1.84 bits per heavy atom. The van der Waals surface area contributed by atoms with E-state index in [1.807, 2.05) is 24.0 Å². The van der Waals surface area contributed by atoms with Crippen LogP contribution in [0.25, 0.3) is 6.08 Å². The van der Waals surface area contributed by atoms with E-state index in [4.69, 9.17) is 14.5 Å². The van der Waals surface area contributed by atoms with Crippen molar-refractivity contribution in [3.05, 3.63) is 46.9 Å². The monoisotopic (exact) mass is 425 g/mol. The molecule has 0 spiro atoms. The molecule has 2 aromatic rings. The number of hydrogen-bond donors (Lipinski definition) is 1. The van der Waals surface area contributed by atoms with E-state index in [2.05, 4.69) is 34.2 Å². The maximum atomic E-state index is 13.2. The summed E-state index contributed by atoms with van der Waals surface area (Å²) in [5.74, 6) is 1.33. The smallest absolute Gasteiger partial charge is 0.254 e. The summed E-state index contributed by atoms with van der Waals surface area (Å²) in [5.41, 5.74) is 3.92. The number of carbonyl (C=O) groups excluding carboxylic acids is 1. The molecule has 166 valence electrons. The first kappa shape index (κ1) is 21.5. The minimum atomic E-state index is 0.0928. The molecule has 4 heterocycles. The number of anilines is 1. The van der Waals surface area contributed by atoms with Gasteiger partial charge >= 0.3 is 0 Å². The summed E-state index contributed by atoms with van der Waals surface area (Å²) in [6.07, 6.45) is 6.92. The molecule has 8 nitrogen and oxygen atoms in total. The molecule has 1 unspecified atom stereocenters. The number of aryl methyl sites for hydroxylation is 1. The summed E-state index contributed by atoms with van der Waals surface area (Å²) in [6, 6.07) is 3.89. The number of allylic oxidation sites excluding steroid dienone is 1. The number of fused-ring (bicyclic) bond motifs is 1. The van der Waals surface area contributed by atoms with Gasteiger partial charge in [-0.2, -0.15) is 5.10 Å². The number of ether oxygens (including phenoxy) is 2. The summed E-state index contributed by atoms with van der Waals surface area (Å²) < 4.78 is 10.9. The fraction of sp³-hybridized carbons (Fsp3) is 0.522. The summed E-state index contributed by atoms with van der Waals surface area (Å²) in [6.45, 7) is 9.74. The van der Waals surface area contributed by atoms with Crippen molar-refractivity contribution in [3.63, 3.8) is 0 Å². The van der Waals surface area contributed by atoms with Gasteiger partial charge in [-0.1, -0.05) is 19.1 Å². The molecule has 5 rings (SSSR count). The van der Waals surface area contributed by atoms with E-state index in [-0.39, 0.29) is 5.91 Å². The molecule has 1 amide bonds. The van der Waals surface area contributed by atoms with Crippen molar-refractivity contribution in [1.82, 2.24) is 20.1 Å². The molecule has 1 aliphatic carbocycles. The number of H-pyrrole nitrogens is 1. The van der Waals surface area contributed by atoms with Crippen LogP contribution in [0, 0.1) is 6.92 Å². The maximum Gasteiger partial charge on any atom is 0.254 e. The van der Waals surface area contributed by atoms with Crippen molar-refractivity contribution in [2.24, 2.45) is 0 Å². The fourth-order valence-electron chi connectivity index (χ4n) is 4.01. The number of nitrogens with zero attached hydrogens (tertiary/aromatic N) is 4. The SMILES string of the molecule is CC1CC=Cc2c(C(=O)N3CCOCC3)cc(N3CCOCC3)nc21.Cc1ccn[nH]1. The number of aromatic amines is 1. The van der Waals surface area contributed by atoms with Gasteiger partial charge in [-0.3, -0.25) is 9.89 Å². The lowest BCUT2D eigenvalue weighted by Gasteiger charge is -2.32. The van der Waals surface area contributed by atoms with Crippen molar-refractivity contribution >= 4 is 17.8 Å². The fourth-order valence-corrected chi connectivity index (χ4v) is 4.01. The van der Waals surface area contributed by atoms with Gasteiger partial charge in [0.15, 0.2) is 0 Å².